The summed E-state index contributed by atoms with van der Waals surface area (Å²) in [6.07, 6.45) is 3.73. The van der Waals surface area contributed by atoms with Gasteiger partial charge >= 0.3 is 0 Å². The SMILES string of the molecule is NCC1CCC(C(=O)N[C@@H](Cc2ccc(-c3ccccc3N)cc2)C(=O)Nc2ccc(/C(N)=N/NN)cc2)CC1. The molecule has 11 N–H and O–H groups in total. The maximum Gasteiger partial charge on any atom is 0.247 e. The molecule has 0 radical (unpaired) electrons. The van der Waals surface area contributed by atoms with Gasteiger partial charge in [0.1, 0.15) is 6.04 Å². The monoisotopic (exact) mass is 542 g/mol. The Kier molecular flexibility index (Phi) is 9.71. The number of amidine groups is 1. The molecule has 1 aliphatic carbocycles. The largest absolute Gasteiger partial charge is 0.398 e. The van der Waals surface area contributed by atoms with E-state index in [1.807, 2.05) is 48.5 Å². The summed E-state index contributed by atoms with van der Waals surface area (Å²) in [5.74, 6) is 5.34. The fourth-order valence-corrected chi connectivity index (χ4v) is 5.06. The van der Waals surface area contributed by atoms with E-state index in [1.165, 1.54) is 0 Å². The van der Waals surface area contributed by atoms with Crippen LogP contribution in [0.1, 0.15) is 36.8 Å². The van der Waals surface area contributed by atoms with Crippen LogP contribution < -0.4 is 39.2 Å². The number of nitrogens with zero attached hydrogens (tertiary/aromatic N) is 1. The van der Waals surface area contributed by atoms with Crippen molar-refractivity contribution in [1.29, 1.82) is 0 Å². The first kappa shape index (κ1) is 28.6. The third-order valence-electron chi connectivity index (χ3n) is 7.48. The van der Waals surface area contributed by atoms with Gasteiger partial charge in [-0.15, -0.1) is 5.10 Å². The molecule has 1 aliphatic rings. The minimum atomic E-state index is -0.764. The molecule has 1 atom stereocenters. The van der Waals surface area contributed by atoms with Gasteiger partial charge in [-0.2, -0.15) is 0 Å². The molecule has 4 rings (SSSR count). The zero-order chi connectivity index (χ0) is 28.5. The Bertz CT molecular complexity index is 1320. The predicted octanol–water partition coefficient (Wildman–Crippen LogP) is 2.45. The lowest BCUT2D eigenvalue weighted by Gasteiger charge is -2.28. The zero-order valence-electron chi connectivity index (χ0n) is 22.5. The first-order chi connectivity index (χ1) is 19.4. The molecule has 0 spiro atoms. The van der Waals surface area contributed by atoms with Crippen molar-refractivity contribution >= 4 is 29.0 Å². The van der Waals surface area contributed by atoms with Crippen LogP contribution in [0.25, 0.3) is 11.1 Å². The molecule has 0 unspecified atom stereocenters. The van der Waals surface area contributed by atoms with Crippen LogP contribution in [0.5, 0.6) is 0 Å². The van der Waals surface area contributed by atoms with E-state index in [-0.39, 0.29) is 23.6 Å². The third-order valence-corrected chi connectivity index (χ3v) is 7.48. The topological polar surface area (TPSA) is 187 Å². The van der Waals surface area contributed by atoms with E-state index in [2.05, 4.69) is 21.3 Å². The number of nitrogen functional groups attached to an aromatic ring is 1. The Morgan fingerprint density at radius 2 is 1.60 bits per heavy atom. The Balaban J connectivity index is 1.49. The zero-order valence-corrected chi connectivity index (χ0v) is 22.5. The van der Waals surface area contributed by atoms with E-state index >= 15 is 0 Å². The number of benzene rings is 3. The fraction of sp³-hybridized carbons (Fsp3) is 0.300. The Hall–Kier alpha value is -4.41. The maximum atomic E-state index is 13.5. The molecule has 0 aromatic heterocycles. The second kappa shape index (κ2) is 13.6. The van der Waals surface area contributed by atoms with Gasteiger partial charge in [-0.05, 0) is 79.6 Å². The van der Waals surface area contributed by atoms with Crippen LogP contribution in [0.4, 0.5) is 11.4 Å². The highest BCUT2D eigenvalue weighted by molar-refractivity contribution is 6.00. The minimum absolute atomic E-state index is 0.0991. The number of hydrazone groups is 1. The minimum Gasteiger partial charge on any atom is -0.398 e. The lowest BCUT2D eigenvalue weighted by atomic mass is 9.81. The van der Waals surface area contributed by atoms with E-state index in [1.54, 1.807) is 24.3 Å². The van der Waals surface area contributed by atoms with Gasteiger partial charge in [0, 0.05) is 34.8 Å². The molecule has 0 bridgehead atoms. The van der Waals surface area contributed by atoms with Crippen LogP contribution in [0.15, 0.2) is 77.9 Å². The van der Waals surface area contributed by atoms with E-state index in [0.29, 0.717) is 35.8 Å². The van der Waals surface area contributed by atoms with Crippen LogP contribution in [-0.2, 0) is 16.0 Å². The summed E-state index contributed by atoms with van der Waals surface area (Å²) in [5.41, 5.74) is 24.7. The van der Waals surface area contributed by atoms with Gasteiger partial charge in [0.05, 0.1) is 0 Å². The van der Waals surface area contributed by atoms with Crippen LogP contribution >= 0.6 is 0 Å². The molecular formula is C30H38N8O2. The van der Waals surface area contributed by atoms with Gasteiger partial charge in [0.25, 0.3) is 0 Å². The van der Waals surface area contributed by atoms with E-state index < -0.39 is 6.04 Å². The summed E-state index contributed by atoms with van der Waals surface area (Å²) in [6, 6.07) is 21.7. The first-order valence-corrected chi connectivity index (χ1v) is 13.5. The lowest BCUT2D eigenvalue weighted by Crippen LogP contribution is -2.48. The molecule has 10 heteroatoms. The van der Waals surface area contributed by atoms with E-state index in [9.17, 15) is 9.59 Å². The van der Waals surface area contributed by atoms with Crippen LogP contribution in [-0.4, -0.2) is 30.2 Å². The molecule has 1 fully saturated rings. The van der Waals surface area contributed by atoms with Crippen molar-refractivity contribution in [2.45, 2.75) is 38.1 Å². The standard InChI is InChI=1S/C30H38N8O2/c31-18-20-7-11-23(12-8-20)29(39)36-27(30(40)35-24-15-13-22(14-16-24)28(33)37-38-34)17-19-5-9-21(10-6-19)25-3-1-2-4-26(25)32/h1-6,9-10,13-16,20,23,27,38H,7-8,11-12,17-18,31-32,34H2,(H2,33,37)(H,35,40)(H,36,39)/t20?,23?,27-/m0/s1. The average Bonchev–Trinajstić information content (AvgIpc) is 2.98. The van der Waals surface area contributed by atoms with Crippen molar-refractivity contribution in [3.63, 3.8) is 0 Å². The van der Waals surface area contributed by atoms with Gasteiger partial charge in [-0.25, -0.2) is 11.4 Å². The first-order valence-electron chi connectivity index (χ1n) is 13.5. The maximum absolute atomic E-state index is 13.5. The number of hydrogen-bond acceptors (Lipinski definition) is 7. The summed E-state index contributed by atoms with van der Waals surface area (Å²) < 4.78 is 0. The molecule has 210 valence electrons. The number of amides is 2. The van der Waals surface area contributed by atoms with Gasteiger partial charge in [-0.3, -0.25) is 9.59 Å². The summed E-state index contributed by atoms with van der Waals surface area (Å²) in [4.78, 5) is 26.7. The van der Waals surface area contributed by atoms with Crippen molar-refractivity contribution < 1.29 is 9.59 Å². The van der Waals surface area contributed by atoms with Gasteiger partial charge in [0.2, 0.25) is 11.8 Å². The molecule has 2 amide bonds. The number of para-hydroxylation sites is 1. The van der Waals surface area contributed by atoms with Crippen LogP contribution in [0.2, 0.25) is 0 Å². The summed E-state index contributed by atoms with van der Waals surface area (Å²) in [7, 11) is 0. The van der Waals surface area contributed by atoms with Crippen LogP contribution in [0.3, 0.4) is 0 Å². The second-order valence-corrected chi connectivity index (χ2v) is 10.2. The Morgan fingerprint density at radius 3 is 2.23 bits per heavy atom. The second-order valence-electron chi connectivity index (χ2n) is 10.2. The molecule has 0 aliphatic heterocycles. The normalized spacial score (nSPS) is 18.0. The van der Waals surface area contributed by atoms with Crippen molar-refractivity contribution in [2.24, 2.45) is 34.2 Å². The van der Waals surface area contributed by atoms with Crippen LogP contribution in [0, 0.1) is 11.8 Å². The Morgan fingerprint density at radius 1 is 0.925 bits per heavy atom. The molecule has 3 aromatic carbocycles. The number of anilines is 2. The molecule has 1 saturated carbocycles. The summed E-state index contributed by atoms with van der Waals surface area (Å²) >= 11 is 0. The lowest BCUT2D eigenvalue weighted by molar-refractivity contribution is -0.130. The van der Waals surface area contributed by atoms with Gasteiger partial charge in [0.15, 0.2) is 5.84 Å². The number of nitrogens with one attached hydrogen (secondary N) is 3. The number of carbonyl (C=O) groups is 2. The number of hydrazine groups is 1. The van der Waals surface area contributed by atoms with Crippen molar-refractivity contribution in [1.82, 2.24) is 10.9 Å². The van der Waals surface area contributed by atoms with E-state index in [0.717, 1.165) is 42.4 Å². The number of carbonyl (C=O) groups excluding carboxylic acids is 2. The fourth-order valence-electron chi connectivity index (χ4n) is 5.06. The molecule has 10 nitrogen and oxygen atoms in total. The third kappa shape index (κ3) is 7.37. The number of rotatable bonds is 10. The predicted molar refractivity (Wildman–Crippen MR) is 160 cm³/mol. The highest BCUT2D eigenvalue weighted by Gasteiger charge is 2.29. The highest BCUT2D eigenvalue weighted by Crippen LogP contribution is 2.29. The number of hydrogen-bond donors (Lipinski definition) is 7. The Labute approximate surface area is 234 Å². The summed E-state index contributed by atoms with van der Waals surface area (Å²) in [6.45, 7) is 0.642. The van der Waals surface area contributed by atoms with Gasteiger partial charge < -0.3 is 27.8 Å². The molecule has 0 heterocycles. The molecule has 40 heavy (non-hydrogen) atoms. The quantitative estimate of drug-likeness (QED) is 0.0673. The smallest absolute Gasteiger partial charge is 0.247 e. The van der Waals surface area contributed by atoms with Gasteiger partial charge in [-0.1, -0.05) is 42.5 Å². The highest BCUT2D eigenvalue weighted by atomic mass is 16.2. The van der Waals surface area contributed by atoms with Crippen molar-refractivity contribution in [3.05, 3.63) is 83.9 Å². The number of nitrogens with two attached hydrogens (primary N) is 4. The van der Waals surface area contributed by atoms with Crippen molar-refractivity contribution in [3.8, 4) is 11.1 Å². The molecule has 0 saturated heterocycles. The summed E-state index contributed by atoms with van der Waals surface area (Å²) in [5, 5.41) is 9.70. The van der Waals surface area contributed by atoms with E-state index in [4.69, 9.17) is 23.0 Å². The van der Waals surface area contributed by atoms with Crippen molar-refractivity contribution in [2.75, 3.05) is 17.6 Å². The molecule has 3 aromatic rings. The average molecular weight is 543 g/mol. The molecular weight excluding hydrogens is 504 g/mol.